The lowest BCUT2D eigenvalue weighted by atomic mass is 10.1. The van der Waals surface area contributed by atoms with E-state index in [-0.39, 0.29) is 23.0 Å². The topological polar surface area (TPSA) is 70.7 Å². The van der Waals surface area contributed by atoms with Gasteiger partial charge in [0.2, 0.25) is 11.9 Å². The lowest BCUT2D eigenvalue weighted by Gasteiger charge is -2.05. The first-order valence-corrected chi connectivity index (χ1v) is 5.12. The number of nitrogens with zero attached hydrogens (tertiary/aromatic N) is 2. The van der Waals surface area contributed by atoms with Gasteiger partial charge in [0.1, 0.15) is 12.1 Å². The molecule has 0 aliphatic rings. The first kappa shape index (κ1) is 11.5. The third-order valence-corrected chi connectivity index (χ3v) is 2.43. The van der Waals surface area contributed by atoms with E-state index in [1.165, 1.54) is 24.5 Å². The van der Waals surface area contributed by atoms with Crippen LogP contribution in [0, 0.1) is 5.82 Å². The average Bonchev–Trinajstić information content (AvgIpc) is 2.76. The van der Waals surface area contributed by atoms with Crippen LogP contribution in [0.15, 0.2) is 24.5 Å². The highest BCUT2D eigenvalue weighted by Gasteiger charge is 2.12. The Hall–Kier alpha value is -1.95. The van der Waals surface area contributed by atoms with E-state index in [0.29, 0.717) is 0 Å². The molecule has 0 unspecified atom stereocenters. The summed E-state index contributed by atoms with van der Waals surface area (Å²) in [5.74, 6) is -0.721. The van der Waals surface area contributed by atoms with Crippen LogP contribution in [0.1, 0.15) is 5.56 Å². The van der Waals surface area contributed by atoms with Crippen molar-refractivity contribution in [3.8, 4) is 0 Å². The predicted octanol–water partition coefficient (Wildman–Crippen LogP) is 1.78. The van der Waals surface area contributed by atoms with Gasteiger partial charge in [-0.05, 0) is 12.1 Å². The molecule has 1 heterocycles. The van der Waals surface area contributed by atoms with Crippen molar-refractivity contribution >= 4 is 23.5 Å². The van der Waals surface area contributed by atoms with E-state index in [1.807, 2.05) is 0 Å². The maximum absolute atomic E-state index is 13.4. The molecule has 0 aliphatic heterocycles. The minimum absolute atomic E-state index is 0.159. The maximum Gasteiger partial charge on any atom is 0.231 e. The van der Waals surface area contributed by atoms with Gasteiger partial charge < -0.3 is 0 Å². The molecule has 88 valence electrons. The standard InChI is InChI=1S/C10H8ClFN4O/c11-7-2-1-3-8(12)6(7)4-9(17)15-10-13-5-14-16-10/h1-3,5H,4H2,(H2,13,14,15,16,17). The number of anilines is 1. The van der Waals surface area contributed by atoms with E-state index in [9.17, 15) is 9.18 Å². The molecule has 2 rings (SSSR count). The van der Waals surface area contributed by atoms with Crippen LogP contribution in [0.2, 0.25) is 5.02 Å². The molecule has 0 radical (unpaired) electrons. The largest absolute Gasteiger partial charge is 0.295 e. The van der Waals surface area contributed by atoms with E-state index in [0.717, 1.165) is 0 Å². The molecule has 1 amide bonds. The molecule has 7 heteroatoms. The molecular weight excluding hydrogens is 247 g/mol. The number of hydrogen-bond donors (Lipinski definition) is 2. The summed E-state index contributed by atoms with van der Waals surface area (Å²) in [6.45, 7) is 0. The van der Waals surface area contributed by atoms with Crippen molar-refractivity contribution in [1.29, 1.82) is 0 Å². The van der Waals surface area contributed by atoms with Crippen molar-refractivity contribution in [3.63, 3.8) is 0 Å². The third kappa shape index (κ3) is 2.79. The molecule has 1 aromatic heterocycles. The van der Waals surface area contributed by atoms with Crippen LogP contribution < -0.4 is 5.32 Å². The van der Waals surface area contributed by atoms with Gasteiger partial charge in [0, 0.05) is 10.6 Å². The highest BCUT2D eigenvalue weighted by molar-refractivity contribution is 6.31. The number of carbonyl (C=O) groups excluding carboxylic acids is 1. The summed E-state index contributed by atoms with van der Waals surface area (Å²) >= 11 is 5.80. The molecular formula is C10H8ClFN4O. The molecule has 17 heavy (non-hydrogen) atoms. The summed E-state index contributed by atoms with van der Waals surface area (Å²) in [7, 11) is 0. The average molecular weight is 255 g/mol. The highest BCUT2D eigenvalue weighted by atomic mass is 35.5. The van der Waals surface area contributed by atoms with Gasteiger partial charge in [0.15, 0.2) is 0 Å². The Bertz CT molecular complexity index is 509. The Labute approximate surface area is 101 Å². The fourth-order valence-electron chi connectivity index (χ4n) is 1.30. The zero-order chi connectivity index (χ0) is 12.3. The highest BCUT2D eigenvalue weighted by Crippen LogP contribution is 2.19. The summed E-state index contributed by atoms with van der Waals surface area (Å²) in [4.78, 5) is 15.3. The summed E-state index contributed by atoms with van der Waals surface area (Å²) in [6, 6.07) is 4.26. The van der Waals surface area contributed by atoms with Gasteiger partial charge in [-0.2, -0.15) is 10.1 Å². The molecule has 2 N–H and O–H groups in total. The van der Waals surface area contributed by atoms with Gasteiger partial charge >= 0.3 is 0 Å². The second-order valence-corrected chi connectivity index (χ2v) is 3.67. The smallest absolute Gasteiger partial charge is 0.231 e. The van der Waals surface area contributed by atoms with Crippen molar-refractivity contribution in [1.82, 2.24) is 15.2 Å². The van der Waals surface area contributed by atoms with Gasteiger partial charge in [-0.3, -0.25) is 10.1 Å². The molecule has 0 spiro atoms. The normalized spacial score (nSPS) is 10.2. The molecule has 5 nitrogen and oxygen atoms in total. The van der Waals surface area contributed by atoms with Crippen LogP contribution in [0.4, 0.5) is 10.3 Å². The van der Waals surface area contributed by atoms with Crippen LogP contribution in [0.25, 0.3) is 0 Å². The Morgan fingerprint density at radius 3 is 3.00 bits per heavy atom. The van der Waals surface area contributed by atoms with Gasteiger partial charge in [0.05, 0.1) is 6.42 Å². The molecule has 0 atom stereocenters. The lowest BCUT2D eigenvalue weighted by molar-refractivity contribution is -0.115. The molecule has 0 bridgehead atoms. The minimum atomic E-state index is -0.509. The van der Waals surface area contributed by atoms with Crippen LogP contribution in [-0.4, -0.2) is 21.1 Å². The fourth-order valence-corrected chi connectivity index (χ4v) is 1.53. The number of benzene rings is 1. The first-order valence-electron chi connectivity index (χ1n) is 4.75. The quantitative estimate of drug-likeness (QED) is 0.877. The van der Waals surface area contributed by atoms with E-state index in [2.05, 4.69) is 20.5 Å². The molecule has 2 aromatic rings. The predicted molar refractivity (Wildman–Crippen MR) is 60.1 cm³/mol. The van der Waals surface area contributed by atoms with Crippen molar-refractivity contribution in [2.75, 3.05) is 5.32 Å². The second-order valence-electron chi connectivity index (χ2n) is 3.26. The number of aromatic nitrogens is 3. The summed E-state index contributed by atoms with van der Waals surface area (Å²) in [5, 5.41) is 8.68. The minimum Gasteiger partial charge on any atom is -0.295 e. The lowest BCUT2D eigenvalue weighted by Crippen LogP contribution is -2.16. The van der Waals surface area contributed by atoms with Crippen LogP contribution in [0.3, 0.4) is 0 Å². The van der Waals surface area contributed by atoms with Crippen molar-refractivity contribution in [3.05, 3.63) is 40.9 Å². The molecule has 0 aliphatic carbocycles. The number of rotatable bonds is 3. The first-order chi connectivity index (χ1) is 8.16. The molecule has 0 saturated carbocycles. The van der Waals surface area contributed by atoms with Gasteiger partial charge in [-0.15, -0.1) is 0 Å². The number of halogens is 2. The van der Waals surface area contributed by atoms with Crippen LogP contribution >= 0.6 is 11.6 Å². The Balaban J connectivity index is 2.08. The van der Waals surface area contributed by atoms with Crippen molar-refractivity contribution < 1.29 is 9.18 Å². The zero-order valence-corrected chi connectivity index (χ0v) is 9.33. The van der Waals surface area contributed by atoms with Crippen molar-refractivity contribution in [2.24, 2.45) is 0 Å². The number of amides is 1. The second kappa shape index (κ2) is 4.92. The molecule has 0 fully saturated rings. The number of H-pyrrole nitrogens is 1. The van der Waals surface area contributed by atoms with E-state index in [4.69, 9.17) is 11.6 Å². The van der Waals surface area contributed by atoms with E-state index in [1.54, 1.807) is 0 Å². The summed E-state index contributed by atoms with van der Waals surface area (Å²) in [5.41, 5.74) is 0.159. The monoisotopic (exact) mass is 254 g/mol. The molecule has 0 saturated heterocycles. The third-order valence-electron chi connectivity index (χ3n) is 2.07. The molecule has 1 aromatic carbocycles. The van der Waals surface area contributed by atoms with Gasteiger partial charge in [-0.1, -0.05) is 17.7 Å². The number of hydrogen-bond acceptors (Lipinski definition) is 3. The van der Waals surface area contributed by atoms with E-state index < -0.39 is 11.7 Å². The Morgan fingerprint density at radius 1 is 1.53 bits per heavy atom. The number of aromatic amines is 1. The Kier molecular flexibility index (Phi) is 3.34. The summed E-state index contributed by atoms with van der Waals surface area (Å²) in [6.07, 6.45) is 1.10. The van der Waals surface area contributed by atoms with Gasteiger partial charge in [-0.25, -0.2) is 9.49 Å². The number of nitrogens with one attached hydrogen (secondary N) is 2. The Morgan fingerprint density at radius 2 is 2.35 bits per heavy atom. The maximum atomic E-state index is 13.4. The summed E-state index contributed by atoms with van der Waals surface area (Å²) < 4.78 is 13.4. The van der Waals surface area contributed by atoms with Gasteiger partial charge in [0.25, 0.3) is 0 Å². The van der Waals surface area contributed by atoms with Crippen LogP contribution in [-0.2, 0) is 11.2 Å². The SMILES string of the molecule is O=C(Cc1c(F)cccc1Cl)Nc1ncn[nH]1. The van der Waals surface area contributed by atoms with E-state index >= 15 is 0 Å². The number of carbonyl (C=O) groups is 1. The zero-order valence-electron chi connectivity index (χ0n) is 8.58. The van der Waals surface area contributed by atoms with Crippen LogP contribution in [0.5, 0.6) is 0 Å². The van der Waals surface area contributed by atoms with Crippen molar-refractivity contribution in [2.45, 2.75) is 6.42 Å². The fraction of sp³-hybridized carbons (Fsp3) is 0.100.